The molecule has 0 radical (unpaired) electrons. The topological polar surface area (TPSA) is 73.8 Å². The summed E-state index contributed by atoms with van der Waals surface area (Å²) in [5, 5.41) is 16.0. The van der Waals surface area contributed by atoms with Crippen LogP contribution in [0, 0.1) is 24.0 Å². The van der Waals surface area contributed by atoms with Gasteiger partial charge >= 0.3 is 0 Å². The number of nitrogens with zero attached hydrogens (tertiary/aromatic N) is 4. The first-order chi connectivity index (χ1) is 11.0. The molecule has 0 N–H and O–H groups in total. The van der Waals surface area contributed by atoms with Crippen molar-refractivity contribution in [3.8, 4) is 0 Å². The van der Waals surface area contributed by atoms with Crippen molar-refractivity contribution in [1.82, 2.24) is 14.8 Å². The summed E-state index contributed by atoms with van der Waals surface area (Å²) in [7, 11) is 1.91. The number of nitro benzene ring substituents is 1. The molecule has 2 aromatic heterocycles. The van der Waals surface area contributed by atoms with Crippen molar-refractivity contribution in [3.63, 3.8) is 0 Å². The van der Waals surface area contributed by atoms with Crippen LogP contribution in [-0.2, 0) is 7.05 Å². The third-order valence-electron chi connectivity index (χ3n) is 3.91. The molecule has 0 bridgehead atoms. The predicted octanol–water partition coefficient (Wildman–Crippen LogP) is 3.66. The lowest BCUT2D eigenvalue weighted by molar-refractivity contribution is -0.383. The van der Waals surface area contributed by atoms with Gasteiger partial charge in [-0.3, -0.25) is 14.8 Å². The van der Waals surface area contributed by atoms with Gasteiger partial charge in [-0.15, -0.1) is 0 Å². The van der Waals surface area contributed by atoms with Crippen LogP contribution in [0.5, 0.6) is 0 Å². The fourth-order valence-electron chi connectivity index (χ4n) is 2.61. The predicted molar refractivity (Wildman–Crippen MR) is 90.0 cm³/mol. The molecular weight excluding hydrogens is 292 g/mol. The molecule has 6 nitrogen and oxygen atoms in total. The Bertz CT molecular complexity index is 941. The molecule has 0 saturated carbocycles. The molecule has 6 heteroatoms. The van der Waals surface area contributed by atoms with E-state index < -0.39 is 0 Å². The van der Waals surface area contributed by atoms with Crippen molar-refractivity contribution in [2.75, 3.05) is 0 Å². The Labute approximate surface area is 133 Å². The largest absolute Gasteiger partial charge is 0.278 e. The first-order valence-electron chi connectivity index (χ1n) is 7.20. The second-order valence-electron chi connectivity index (χ2n) is 5.38. The lowest BCUT2D eigenvalue weighted by Gasteiger charge is -2.00. The molecule has 23 heavy (non-hydrogen) atoms. The Hall–Kier alpha value is -3.02. The van der Waals surface area contributed by atoms with E-state index in [1.165, 1.54) is 6.07 Å². The minimum absolute atomic E-state index is 0.0736. The lowest BCUT2D eigenvalue weighted by Crippen LogP contribution is -1.92. The van der Waals surface area contributed by atoms with Gasteiger partial charge in [0.05, 0.1) is 27.2 Å². The molecule has 2 heterocycles. The number of benzene rings is 1. The fourth-order valence-corrected chi connectivity index (χ4v) is 2.61. The van der Waals surface area contributed by atoms with Crippen LogP contribution in [0.4, 0.5) is 5.69 Å². The average Bonchev–Trinajstić information content (AvgIpc) is 2.77. The zero-order valence-corrected chi connectivity index (χ0v) is 13.1. The molecule has 116 valence electrons. The highest BCUT2D eigenvalue weighted by molar-refractivity contribution is 5.89. The van der Waals surface area contributed by atoms with Gasteiger partial charge in [-0.05, 0) is 44.2 Å². The lowest BCUT2D eigenvalue weighted by atomic mass is 10.1. The summed E-state index contributed by atoms with van der Waals surface area (Å²) in [5.74, 6) is 0. The highest BCUT2D eigenvalue weighted by atomic mass is 16.6. The third kappa shape index (κ3) is 2.70. The van der Waals surface area contributed by atoms with Crippen LogP contribution in [0.15, 0.2) is 30.3 Å². The van der Waals surface area contributed by atoms with E-state index in [2.05, 4.69) is 10.1 Å². The van der Waals surface area contributed by atoms with Gasteiger partial charge in [-0.1, -0.05) is 6.07 Å². The second kappa shape index (κ2) is 5.64. The number of aromatic nitrogens is 3. The molecule has 1 aromatic carbocycles. The van der Waals surface area contributed by atoms with Gasteiger partial charge in [-0.2, -0.15) is 5.10 Å². The van der Waals surface area contributed by atoms with E-state index in [0.29, 0.717) is 10.9 Å². The summed E-state index contributed by atoms with van der Waals surface area (Å²) in [6.45, 7) is 3.97. The highest BCUT2D eigenvalue weighted by Gasteiger charge is 2.11. The standard InChI is InChI=1S/C17H16N4O2/c1-11-14(12(2)20(3)19-11)9-7-13-8-10-15-16(18-13)5-4-6-17(15)21(22)23/h4-10H,1-3H3. The summed E-state index contributed by atoms with van der Waals surface area (Å²) in [4.78, 5) is 15.1. The smallest absolute Gasteiger partial charge is 0.272 e. The number of rotatable bonds is 3. The molecule has 0 spiro atoms. The number of pyridine rings is 1. The molecule has 0 amide bonds. The van der Waals surface area contributed by atoms with E-state index in [9.17, 15) is 10.1 Å². The monoisotopic (exact) mass is 308 g/mol. The van der Waals surface area contributed by atoms with Crippen molar-refractivity contribution in [2.45, 2.75) is 13.8 Å². The van der Waals surface area contributed by atoms with Crippen molar-refractivity contribution in [1.29, 1.82) is 0 Å². The summed E-state index contributed by atoms with van der Waals surface area (Å²) in [6.07, 6.45) is 3.87. The Balaban J connectivity index is 2.01. The van der Waals surface area contributed by atoms with Gasteiger partial charge in [0.2, 0.25) is 0 Å². The minimum Gasteiger partial charge on any atom is -0.272 e. The van der Waals surface area contributed by atoms with Crippen molar-refractivity contribution < 1.29 is 4.92 Å². The molecule has 0 atom stereocenters. The summed E-state index contributed by atoms with van der Waals surface area (Å²) in [6, 6.07) is 8.44. The maximum Gasteiger partial charge on any atom is 0.278 e. The number of non-ortho nitro benzene ring substituents is 1. The second-order valence-corrected chi connectivity index (χ2v) is 5.38. The van der Waals surface area contributed by atoms with Crippen molar-refractivity contribution >= 4 is 28.7 Å². The van der Waals surface area contributed by atoms with Gasteiger partial charge in [0, 0.05) is 24.4 Å². The number of fused-ring (bicyclic) bond motifs is 1. The van der Waals surface area contributed by atoms with E-state index in [4.69, 9.17) is 0 Å². The average molecular weight is 308 g/mol. The van der Waals surface area contributed by atoms with Crippen LogP contribution >= 0.6 is 0 Å². The first kappa shape index (κ1) is 14.9. The van der Waals surface area contributed by atoms with E-state index in [-0.39, 0.29) is 10.6 Å². The van der Waals surface area contributed by atoms with Crippen molar-refractivity contribution in [2.24, 2.45) is 7.05 Å². The normalized spacial score (nSPS) is 11.4. The Kier molecular flexibility index (Phi) is 3.65. The zero-order chi connectivity index (χ0) is 16.6. The van der Waals surface area contributed by atoms with Gasteiger partial charge in [0.1, 0.15) is 0 Å². The number of hydrogen-bond donors (Lipinski definition) is 0. The van der Waals surface area contributed by atoms with Crippen LogP contribution in [0.2, 0.25) is 0 Å². The fraction of sp³-hybridized carbons (Fsp3) is 0.176. The minimum atomic E-state index is -0.387. The Morgan fingerprint density at radius 2 is 1.96 bits per heavy atom. The maximum absolute atomic E-state index is 11.0. The number of hydrogen-bond acceptors (Lipinski definition) is 4. The molecule has 0 unspecified atom stereocenters. The quantitative estimate of drug-likeness (QED) is 0.546. The zero-order valence-electron chi connectivity index (χ0n) is 13.1. The van der Waals surface area contributed by atoms with Crippen LogP contribution in [0.25, 0.3) is 23.1 Å². The molecule has 0 saturated heterocycles. The van der Waals surface area contributed by atoms with E-state index in [0.717, 1.165) is 22.6 Å². The maximum atomic E-state index is 11.0. The number of aryl methyl sites for hydroxylation is 2. The van der Waals surface area contributed by atoms with Crippen LogP contribution < -0.4 is 0 Å². The van der Waals surface area contributed by atoms with Crippen LogP contribution in [-0.4, -0.2) is 19.7 Å². The van der Waals surface area contributed by atoms with Crippen molar-refractivity contribution in [3.05, 3.63) is 63.1 Å². The molecule has 0 fully saturated rings. The van der Waals surface area contributed by atoms with Crippen LogP contribution in [0.3, 0.4) is 0 Å². The van der Waals surface area contributed by atoms with E-state index in [1.807, 2.05) is 37.7 Å². The molecule has 0 aliphatic rings. The first-order valence-corrected chi connectivity index (χ1v) is 7.20. The summed E-state index contributed by atoms with van der Waals surface area (Å²) < 4.78 is 1.84. The van der Waals surface area contributed by atoms with E-state index >= 15 is 0 Å². The Morgan fingerprint density at radius 1 is 1.17 bits per heavy atom. The van der Waals surface area contributed by atoms with Gasteiger partial charge in [0.25, 0.3) is 5.69 Å². The molecule has 3 aromatic rings. The summed E-state index contributed by atoms with van der Waals surface area (Å²) in [5.41, 5.74) is 4.53. The van der Waals surface area contributed by atoms with Crippen LogP contribution in [0.1, 0.15) is 22.6 Å². The third-order valence-corrected chi connectivity index (χ3v) is 3.91. The molecule has 0 aliphatic heterocycles. The molecular formula is C17H16N4O2. The van der Waals surface area contributed by atoms with E-state index in [1.54, 1.807) is 24.3 Å². The van der Waals surface area contributed by atoms with Gasteiger partial charge < -0.3 is 0 Å². The van der Waals surface area contributed by atoms with Gasteiger partial charge in [0.15, 0.2) is 0 Å². The van der Waals surface area contributed by atoms with Gasteiger partial charge in [-0.25, -0.2) is 4.98 Å². The highest BCUT2D eigenvalue weighted by Crippen LogP contribution is 2.24. The number of nitro groups is 1. The molecule has 0 aliphatic carbocycles. The Morgan fingerprint density at radius 3 is 2.61 bits per heavy atom. The SMILES string of the molecule is Cc1nn(C)c(C)c1C=Cc1ccc2c([N+](=O)[O-])cccc2n1. The summed E-state index contributed by atoms with van der Waals surface area (Å²) >= 11 is 0. The molecule has 3 rings (SSSR count).